The summed E-state index contributed by atoms with van der Waals surface area (Å²) in [6.07, 6.45) is 5.56. The van der Waals surface area contributed by atoms with Crippen LogP contribution in [-0.2, 0) is 16.4 Å². The van der Waals surface area contributed by atoms with Crippen molar-refractivity contribution in [2.75, 3.05) is 19.3 Å². The molecule has 1 aromatic carbocycles. The van der Waals surface area contributed by atoms with Gasteiger partial charge in [-0.25, -0.2) is 13.1 Å². The maximum atomic E-state index is 10.9. The fourth-order valence-electron chi connectivity index (χ4n) is 2.59. The number of benzene rings is 1. The van der Waals surface area contributed by atoms with Gasteiger partial charge in [-0.3, -0.25) is 0 Å². The highest BCUT2D eigenvalue weighted by Gasteiger charge is 2.18. The van der Waals surface area contributed by atoms with Crippen molar-refractivity contribution in [2.45, 2.75) is 31.7 Å². The van der Waals surface area contributed by atoms with Crippen molar-refractivity contribution in [1.82, 2.24) is 10.0 Å². The molecule has 0 spiro atoms. The van der Waals surface area contributed by atoms with Gasteiger partial charge in [-0.05, 0) is 43.4 Å². The normalized spacial score (nSPS) is 19.1. The third-order valence-corrected chi connectivity index (χ3v) is 4.21. The van der Waals surface area contributed by atoms with Crippen LogP contribution in [-0.4, -0.2) is 27.8 Å². The van der Waals surface area contributed by atoms with Gasteiger partial charge in [0.05, 0.1) is 6.26 Å². The average Bonchev–Trinajstić information content (AvgIpc) is 2.37. The van der Waals surface area contributed by atoms with Crippen molar-refractivity contribution in [3.05, 3.63) is 35.4 Å². The van der Waals surface area contributed by atoms with Gasteiger partial charge in [0.25, 0.3) is 0 Å². The van der Waals surface area contributed by atoms with Crippen molar-refractivity contribution in [1.29, 1.82) is 0 Å². The molecule has 1 aliphatic rings. The lowest BCUT2D eigenvalue weighted by molar-refractivity contribution is 0.455. The van der Waals surface area contributed by atoms with E-state index in [1.807, 2.05) is 0 Å². The number of nitrogens with one attached hydrogen (secondary N) is 2. The molecule has 5 heteroatoms. The highest BCUT2D eigenvalue weighted by atomic mass is 32.2. The minimum Gasteiger partial charge on any atom is -0.310 e. The number of rotatable bonds is 6. The zero-order valence-corrected chi connectivity index (χ0v) is 12.2. The van der Waals surface area contributed by atoms with Gasteiger partial charge in [-0.15, -0.1) is 0 Å². The van der Waals surface area contributed by atoms with Crippen LogP contribution in [0.1, 0.15) is 36.4 Å². The number of aryl methyl sites for hydroxylation is 1. The second kappa shape index (κ2) is 6.50. The Morgan fingerprint density at radius 1 is 1.26 bits per heavy atom. The second-order valence-corrected chi connectivity index (χ2v) is 6.95. The maximum Gasteiger partial charge on any atom is 0.208 e. The summed E-state index contributed by atoms with van der Waals surface area (Å²) in [6, 6.07) is 9.00. The molecule has 1 aromatic rings. The number of sulfonamides is 1. The lowest BCUT2D eigenvalue weighted by atomic mass is 9.88. The van der Waals surface area contributed by atoms with Crippen molar-refractivity contribution in [3.63, 3.8) is 0 Å². The van der Waals surface area contributed by atoms with Crippen LogP contribution in [0.3, 0.4) is 0 Å². The van der Waals surface area contributed by atoms with Crippen molar-refractivity contribution < 1.29 is 8.42 Å². The number of fused-ring (bicyclic) bond motifs is 1. The summed E-state index contributed by atoms with van der Waals surface area (Å²) in [7, 11) is -3.06. The molecule has 1 aliphatic carbocycles. The molecule has 0 saturated carbocycles. The molecule has 1 atom stereocenters. The van der Waals surface area contributed by atoms with E-state index >= 15 is 0 Å². The van der Waals surface area contributed by atoms with Crippen LogP contribution in [0.25, 0.3) is 0 Å². The van der Waals surface area contributed by atoms with E-state index in [1.165, 1.54) is 30.2 Å². The molecule has 0 aliphatic heterocycles. The fourth-order valence-corrected chi connectivity index (χ4v) is 3.10. The molecule has 0 amide bonds. The smallest absolute Gasteiger partial charge is 0.208 e. The van der Waals surface area contributed by atoms with Gasteiger partial charge in [-0.2, -0.15) is 0 Å². The first-order valence-corrected chi connectivity index (χ1v) is 8.71. The Kier molecular flexibility index (Phi) is 4.96. The SMILES string of the molecule is CS(=O)(=O)NCCCNC1CCCc2ccccc21. The van der Waals surface area contributed by atoms with E-state index in [4.69, 9.17) is 0 Å². The quantitative estimate of drug-likeness (QED) is 0.779. The molecule has 0 saturated heterocycles. The molecule has 4 nitrogen and oxygen atoms in total. The van der Waals surface area contributed by atoms with Crippen LogP contribution in [0.5, 0.6) is 0 Å². The first-order chi connectivity index (χ1) is 9.06. The monoisotopic (exact) mass is 282 g/mol. The average molecular weight is 282 g/mol. The van der Waals surface area contributed by atoms with Gasteiger partial charge >= 0.3 is 0 Å². The molecular formula is C14H22N2O2S. The van der Waals surface area contributed by atoms with Crippen molar-refractivity contribution in [3.8, 4) is 0 Å². The molecule has 106 valence electrons. The Bertz CT molecular complexity index is 514. The summed E-state index contributed by atoms with van der Waals surface area (Å²) >= 11 is 0. The Labute approximate surface area is 115 Å². The van der Waals surface area contributed by atoms with E-state index in [-0.39, 0.29) is 0 Å². The molecular weight excluding hydrogens is 260 g/mol. The molecule has 19 heavy (non-hydrogen) atoms. The van der Waals surface area contributed by atoms with Crippen molar-refractivity contribution >= 4 is 10.0 Å². The number of hydrogen-bond donors (Lipinski definition) is 2. The lowest BCUT2D eigenvalue weighted by Gasteiger charge is -2.26. The van der Waals surface area contributed by atoms with E-state index in [9.17, 15) is 8.42 Å². The first-order valence-electron chi connectivity index (χ1n) is 6.82. The Morgan fingerprint density at radius 3 is 2.84 bits per heavy atom. The van der Waals surface area contributed by atoms with Gasteiger partial charge in [0.1, 0.15) is 0 Å². The zero-order valence-electron chi connectivity index (χ0n) is 11.4. The topological polar surface area (TPSA) is 58.2 Å². The highest BCUT2D eigenvalue weighted by molar-refractivity contribution is 7.88. The summed E-state index contributed by atoms with van der Waals surface area (Å²) in [5, 5.41) is 3.53. The van der Waals surface area contributed by atoms with Crippen LogP contribution in [0.4, 0.5) is 0 Å². The summed E-state index contributed by atoms with van der Waals surface area (Å²) in [6.45, 7) is 1.34. The largest absolute Gasteiger partial charge is 0.310 e. The van der Waals surface area contributed by atoms with E-state index in [0.717, 1.165) is 19.4 Å². The Hall–Kier alpha value is -0.910. The predicted molar refractivity (Wildman–Crippen MR) is 77.6 cm³/mol. The molecule has 0 radical (unpaired) electrons. The first kappa shape index (κ1) is 14.5. The molecule has 2 N–H and O–H groups in total. The van der Waals surface area contributed by atoms with Crippen LogP contribution in [0.2, 0.25) is 0 Å². The molecule has 0 aromatic heterocycles. The predicted octanol–water partition coefficient (Wildman–Crippen LogP) is 1.59. The van der Waals surface area contributed by atoms with Gasteiger partial charge in [-0.1, -0.05) is 24.3 Å². The van der Waals surface area contributed by atoms with Gasteiger partial charge < -0.3 is 5.32 Å². The van der Waals surface area contributed by atoms with Gasteiger partial charge in [0.15, 0.2) is 0 Å². The minimum atomic E-state index is -3.06. The zero-order chi connectivity index (χ0) is 13.7. The van der Waals surface area contributed by atoms with Gasteiger partial charge in [0, 0.05) is 12.6 Å². The fraction of sp³-hybridized carbons (Fsp3) is 0.571. The molecule has 0 heterocycles. The standard InChI is InChI=1S/C14H22N2O2S/c1-19(17,18)16-11-5-10-15-14-9-4-7-12-6-2-3-8-13(12)14/h2-3,6,8,14-16H,4-5,7,9-11H2,1H3. The molecule has 0 bridgehead atoms. The van der Waals surface area contributed by atoms with Crippen LogP contribution >= 0.6 is 0 Å². The van der Waals surface area contributed by atoms with Crippen LogP contribution < -0.4 is 10.0 Å². The summed E-state index contributed by atoms with van der Waals surface area (Å²) in [5.41, 5.74) is 2.85. The van der Waals surface area contributed by atoms with E-state index in [1.54, 1.807) is 0 Å². The van der Waals surface area contributed by atoms with Crippen LogP contribution in [0.15, 0.2) is 24.3 Å². The summed E-state index contributed by atoms with van der Waals surface area (Å²) in [4.78, 5) is 0. The highest BCUT2D eigenvalue weighted by Crippen LogP contribution is 2.29. The third-order valence-electron chi connectivity index (χ3n) is 3.48. The van der Waals surface area contributed by atoms with E-state index < -0.39 is 10.0 Å². The van der Waals surface area contributed by atoms with Crippen LogP contribution in [0, 0.1) is 0 Å². The third kappa shape index (κ3) is 4.60. The van der Waals surface area contributed by atoms with E-state index in [0.29, 0.717) is 12.6 Å². The Morgan fingerprint density at radius 2 is 2.05 bits per heavy atom. The molecule has 2 rings (SSSR count). The molecule has 0 fully saturated rings. The van der Waals surface area contributed by atoms with Gasteiger partial charge in [0.2, 0.25) is 10.0 Å². The minimum absolute atomic E-state index is 0.420. The second-order valence-electron chi connectivity index (χ2n) is 5.12. The number of hydrogen-bond acceptors (Lipinski definition) is 3. The summed E-state index contributed by atoms with van der Waals surface area (Å²) < 4.78 is 24.4. The molecule has 1 unspecified atom stereocenters. The van der Waals surface area contributed by atoms with Crippen molar-refractivity contribution in [2.24, 2.45) is 0 Å². The maximum absolute atomic E-state index is 10.9. The lowest BCUT2D eigenvalue weighted by Crippen LogP contribution is -2.29. The van der Waals surface area contributed by atoms with E-state index in [2.05, 4.69) is 34.3 Å². The Balaban J connectivity index is 1.78. The summed E-state index contributed by atoms with van der Waals surface area (Å²) in [5.74, 6) is 0.